The van der Waals surface area contributed by atoms with Gasteiger partial charge in [-0.3, -0.25) is 4.79 Å². The second-order valence-corrected chi connectivity index (χ2v) is 5.33. The average molecular weight is 290 g/mol. The van der Waals surface area contributed by atoms with Crippen LogP contribution in [0.1, 0.15) is 20.3 Å². The molecule has 0 N–H and O–H groups in total. The van der Waals surface area contributed by atoms with E-state index >= 15 is 0 Å². The van der Waals surface area contributed by atoms with E-state index in [2.05, 4.69) is 28.6 Å². The minimum atomic E-state index is 0.280. The number of rotatable bonds is 6. The van der Waals surface area contributed by atoms with Gasteiger partial charge in [0.2, 0.25) is 5.91 Å². The Bertz CT molecular complexity index is 425. The molecule has 116 valence electrons. The van der Waals surface area contributed by atoms with Gasteiger partial charge in [-0.05, 0) is 25.2 Å². The molecule has 1 aliphatic rings. The van der Waals surface area contributed by atoms with Gasteiger partial charge in [0.25, 0.3) is 0 Å². The zero-order valence-corrected chi connectivity index (χ0v) is 13.2. The minimum absolute atomic E-state index is 0.280. The van der Waals surface area contributed by atoms with Crippen LogP contribution in [0.2, 0.25) is 0 Å². The van der Waals surface area contributed by atoms with E-state index in [1.54, 1.807) is 0 Å². The van der Waals surface area contributed by atoms with Crippen LogP contribution >= 0.6 is 0 Å². The molecule has 0 unspecified atom stereocenters. The lowest BCUT2D eigenvalue weighted by Gasteiger charge is -2.35. The Labute approximate surface area is 127 Å². The molecule has 0 bridgehead atoms. The fraction of sp³-hybridized carbons (Fsp3) is 0.625. The number of anilines is 1. The molecular weight excluding hydrogens is 264 g/mol. The maximum Gasteiger partial charge on any atom is 0.223 e. The monoisotopic (exact) mass is 290 g/mol. The molecule has 0 radical (unpaired) electrons. The highest BCUT2D eigenvalue weighted by molar-refractivity contribution is 5.76. The molecule has 0 aromatic carbocycles. The molecule has 1 aromatic rings. The van der Waals surface area contributed by atoms with Gasteiger partial charge in [0.15, 0.2) is 0 Å². The molecule has 0 saturated carbocycles. The fourth-order valence-electron chi connectivity index (χ4n) is 2.68. The summed E-state index contributed by atoms with van der Waals surface area (Å²) in [6, 6.07) is 5.96. The number of nitrogens with zero attached hydrogens (tertiary/aromatic N) is 4. The first-order chi connectivity index (χ1) is 10.2. The number of piperazine rings is 1. The number of carbonyl (C=O) groups is 1. The van der Waals surface area contributed by atoms with Crippen molar-refractivity contribution < 1.29 is 4.79 Å². The van der Waals surface area contributed by atoms with Gasteiger partial charge < -0.3 is 14.7 Å². The summed E-state index contributed by atoms with van der Waals surface area (Å²) in [5.41, 5.74) is 0. The molecule has 1 saturated heterocycles. The lowest BCUT2D eigenvalue weighted by atomic mass is 10.2. The molecule has 0 atom stereocenters. The van der Waals surface area contributed by atoms with Crippen molar-refractivity contribution >= 4 is 11.7 Å². The summed E-state index contributed by atoms with van der Waals surface area (Å²) in [6.07, 6.45) is 2.45. The second-order valence-electron chi connectivity index (χ2n) is 5.33. The summed E-state index contributed by atoms with van der Waals surface area (Å²) in [6.45, 7) is 10.5. The number of carbonyl (C=O) groups excluding carboxylic acids is 1. The SMILES string of the molecule is CCN(CC)CCC(=O)N1CCN(c2ccccn2)CC1. The first-order valence-electron chi connectivity index (χ1n) is 7.90. The molecule has 1 aromatic heterocycles. The van der Waals surface area contributed by atoms with Crippen LogP contribution in [-0.4, -0.2) is 66.5 Å². The third kappa shape index (κ3) is 4.43. The van der Waals surface area contributed by atoms with E-state index < -0.39 is 0 Å². The summed E-state index contributed by atoms with van der Waals surface area (Å²) in [5.74, 6) is 1.29. The van der Waals surface area contributed by atoms with Crippen molar-refractivity contribution in [3.05, 3.63) is 24.4 Å². The van der Waals surface area contributed by atoms with Crippen molar-refractivity contribution in [2.75, 3.05) is 50.7 Å². The Hall–Kier alpha value is -1.62. The summed E-state index contributed by atoms with van der Waals surface area (Å²) in [5, 5.41) is 0. The molecule has 2 heterocycles. The smallest absolute Gasteiger partial charge is 0.223 e. The van der Waals surface area contributed by atoms with E-state index in [0.717, 1.165) is 51.6 Å². The topological polar surface area (TPSA) is 39.7 Å². The van der Waals surface area contributed by atoms with Gasteiger partial charge in [-0.25, -0.2) is 4.98 Å². The highest BCUT2D eigenvalue weighted by Gasteiger charge is 2.21. The molecule has 5 nitrogen and oxygen atoms in total. The second kappa shape index (κ2) is 7.98. The highest BCUT2D eigenvalue weighted by Crippen LogP contribution is 2.13. The van der Waals surface area contributed by atoms with Crippen LogP contribution in [0.4, 0.5) is 5.82 Å². The van der Waals surface area contributed by atoms with Gasteiger partial charge in [-0.1, -0.05) is 19.9 Å². The highest BCUT2D eigenvalue weighted by atomic mass is 16.2. The van der Waals surface area contributed by atoms with Gasteiger partial charge >= 0.3 is 0 Å². The number of hydrogen-bond donors (Lipinski definition) is 0. The van der Waals surface area contributed by atoms with Gasteiger partial charge in [0, 0.05) is 45.3 Å². The first kappa shape index (κ1) is 15.8. The largest absolute Gasteiger partial charge is 0.353 e. The summed E-state index contributed by atoms with van der Waals surface area (Å²) in [7, 11) is 0. The van der Waals surface area contributed by atoms with Crippen LogP contribution < -0.4 is 4.90 Å². The van der Waals surface area contributed by atoms with Gasteiger partial charge in [0.1, 0.15) is 5.82 Å². The van der Waals surface area contributed by atoms with Crippen LogP contribution in [-0.2, 0) is 4.79 Å². The molecule has 2 rings (SSSR count). The third-order valence-electron chi connectivity index (χ3n) is 4.14. The molecule has 1 aliphatic heterocycles. The predicted octanol–water partition coefficient (Wildman–Crippen LogP) is 1.46. The van der Waals surface area contributed by atoms with E-state index in [1.807, 2.05) is 29.3 Å². The van der Waals surface area contributed by atoms with E-state index in [4.69, 9.17) is 0 Å². The van der Waals surface area contributed by atoms with Crippen molar-refractivity contribution in [2.45, 2.75) is 20.3 Å². The summed E-state index contributed by atoms with van der Waals surface area (Å²) in [4.78, 5) is 23.1. The quantitative estimate of drug-likeness (QED) is 0.795. The van der Waals surface area contributed by atoms with Crippen molar-refractivity contribution in [1.29, 1.82) is 0 Å². The van der Waals surface area contributed by atoms with Gasteiger partial charge in [0.05, 0.1) is 0 Å². The van der Waals surface area contributed by atoms with Crippen LogP contribution in [0.25, 0.3) is 0 Å². The molecule has 1 fully saturated rings. The van der Waals surface area contributed by atoms with Crippen LogP contribution in [0.5, 0.6) is 0 Å². The zero-order chi connectivity index (χ0) is 15.1. The maximum atomic E-state index is 12.2. The Morgan fingerprint density at radius 1 is 1.19 bits per heavy atom. The lowest BCUT2D eigenvalue weighted by molar-refractivity contribution is -0.131. The van der Waals surface area contributed by atoms with E-state index in [-0.39, 0.29) is 5.91 Å². The summed E-state index contributed by atoms with van der Waals surface area (Å²) < 4.78 is 0. The number of hydrogen-bond acceptors (Lipinski definition) is 4. The van der Waals surface area contributed by atoms with Crippen LogP contribution in [0.3, 0.4) is 0 Å². The molecular formula is C16H26N4O. The third-order valence-corrected chi connectivity index (χ3v) is 4.14. The fourth-order valence-corrected chi connectivity index (χ4v) is 2.68. The van der Waals surface area contributed by atoms with Crippen molar-refractivity contribution in [3.63, 3.8) is 0 Å². The molecule has 21 heavy (non-hydrogen) atoms. The Kier molecular flexibility index (Phi) is 5.99. The lowest BCUT2D eigenvalue weighted by Crippen LogP contribution is -2.49. The standard InChI is InChI=1S/C16H26N4O/c1-3-18(4-2)10-8-16(21)20-13-11-19(12-14-20)15-7-5-6-9-17-15/h5-7,9H,3-4,8,10-14H2,1-2H3. The Morgan fingerprint density at radius 3 is 2.48 bits per heavy atom. The molecule has 5 heteroatoms. The van der Waals surface area contributed by atoms with E-state index in [1.165, 1.54) is 0 Å². The number of amides is 1. The van der Waals surface area contributed by atoms with Crippen molar-refractivity contribution in [2.24, 2.45) is 0 Å². The first-order valence-corrected chi connectivity index (χ1v) is 7.90. The Morgan fingerprint density at radius 2 is 1.90 bits per heavy atom. The van der Waals surface area contributed by atoms with Crippen LogP contribution in [0, 0.1) is 0 Å². The minimum Gasteiger partial charge on any atom is -0.353 e. The normalized spacial score (nSPS) is 15.6. The maximum absolute atomic E-state index is 12.2. The predicted molar refractivity (Wildman–Crippen MR) is 85.4 cm³/mol. The van der Waals surface area contributed by atoms with Crippen molar-refractivity contribution in [1.82, 2.24) is 14.8 Å². The van der Waals surface area contributed by atoms with Crippen LogP contribution in [0.15, 0.2) is 24.4 Å². The number of pyridine rings is 1. The van der Waals surface area contributed by atoms with E-state index in [0.29, 0.717) is 6.42 Å². The Balaban J connectivity index is 1.77. The molecule has 0 spiro atoms. The average Bonchev–Trinajstić information content (AvgIpc) is 2.56. The van der Waals surface area contributed by atoms with Gasteiger partial charge in [-0.15, -0.1) is 0 Å². The van der Waals surface area contributed by atoms with E-state index in [9.17, 15) is 4.79 Å². The van der Waals surface area contributed by atoms with Crippen molar-refractivity contribution in [3.8, 4) is 0 Å². The summed E-state index contributed by atoms with van der Waals surface area (Å²) >= 11 is 0. The van der Waals surface area contributed by atoms with Gasteiger partial charge in [-0.2, -0.15) is 0 Å². The molecule has 1 amide bonds. The number of aromatic nitrogens is 1. The molecule has 0 aliphatic carbocycles. The zero-order valence-electron chi connectivity index (χ0n) is 13.2.